The molecule has 0 aliphatic rings. The summed E-state index contributed by atoms with van der Waals surface area (Å²) in [6.07, 6.45) is 0.848. The predicted molar refractivity (Wildman–Crippen MR) is 105 cm³/mol. The number of nitrogens with zero attached hydrogens (tertiary/aromatic N) is 1. The molecule has 0 fully saturated rings. The average Bonchev–Trinajstić information content (AvgIpc) is 2.61. The van der Waals surface area contributed by atoms with Gasteiger partial charge in [0.05, 0.1) is 17.2 Å². The minimum absolute atomic E-state index is 0.0330. The van der Waals surface area contributed by atoms with Crippen molar-refractivity contribution in [3.8, 4) is 5.75 Å². The topological polar surface area (TPSA) is 75.7 Å². The summed E-state index contributed by atoms with van der Waals surface area (Å²) >= 11 is 3.23. The molecule has 0 unspecified atom stereocenters. The smallest absolute Gasteiger partial charge is 0.255 e. The maximum absolute atomic E-state index is 12.6. The number of anilines is 1. The number of carbonyl (C=O) groups excluding carboxylic acids is 1. The molecule has 0 aliphatic carbocycles. The van der Waals surface area contributed by atoms with E-state index in [0.29, 0.717) is 22.5 Å². The predicted octanol–water partition coefficient (Wildman–Crippen LogP) is 3.74. The first-order valence-corrected chi connectivity index (χ1v) is 10.3. The molecule has 0 saturated heterocycles. The van der Waals surface area contributed by atoms with Crippen LogP contribution in [0.1, 0.15) is 23.7 Å². The largest absolute Gasteiger partial charge is 0.491 e. The monoisotopic (exact) mass is 440 g/mol. The molecule has 0 saturated carbocycles. The van der Waals surface area contributed by atoms with Crippen LogP contribution in [0.4, 0.5) is 5.69 Å². The highest BCUT2D eigenvalue weighted by molar-refractivity contribution is 9.10. The van der Waals surface area contributed by atoms with Gasteiger partial charge in [0.25, 0.3) is 5.91 Å². The highest BCUT2D eigenvalue weighted by atomic mass is 79.9. The second-order valence-corrected chi connectivity index (χ2v) is 8.71. The molecule has 2 aromatic carbocycles. The summed E-state index contributed by atoms with van der Waals surface area (Å²) in [6, 6.07) is 11.6. The zero-order chi connectivity index (χ0) is 19.3. The van der Waals surface area contributed by atoms with Gasteiger partial charge in [-0.05, 0) is 52.7 Å². The number of hydrogen-bond donors (Lipinski definition) is 1. The number of rotatable bonds is 7. The van der Waals surface area contributed by atoms with Crippen LogP contribution in [0, 0.1) is 0 Å². The van der Waals surface area contributed by atoms with Gasteiger partial charge in [-0.1, -0.05) is 19.1 Å². The minimum Gasteiger partial charge on any atom is -0.491 e. The second kappa shape index (κ2) is 8.66. The van der Waals surface area contributed by atoms with Gasteiger partial charge in [0.15, 0.2) is 0 Å². The van der Waals surface area contributed by atoms with Crippen LogP contribution >= 0.6 is 15.9 Å². The van der Waals surface area contributed by atoms with E-state index < -0.39 is 15.9 Å². The van der Waals surface area contributed by atoms with Gasteiger partial charge in [-0.2, -0.15) is 0 Å². The Morgan fingerprint density at radius 3 is 2.54 bits per heavy atom. The Balaban J connectivity index is 2.32. The van der Waals surface area contributed by atoms with Gasteiger partial charge >= 0.3 is 0 Å². The molecule has 2 aromatic rings. The molecule has 1 N–H and O–H groups in total. The molecule has 0 aromatic heterocycles. The normalized spacial score (nSPS) is 11.4. The van der Waals surface area contributed by atoms with Crippen molar-refractivity contribution in [3.05, 3.63) is 52.5 Å². The number of ether oxygens (including phenoxy) is 1. The molecule has 0 spiro atoms. The van der Waals surface area contributed by atoms with Crippen molar-refractivity contribution >= 4 is 37.5 Å². The Morgan fingerprint density at radius 2 is 1.88 bits per heavy atom. The summed E-state index contributed by atoms with van der Waals surface area (Å²) in [6.45, 7) is 2.53. The third-order valence-corrected chi connectivity index (χ3v) is 6.36. The summed E-state index contributed by atoms with van der Waals surface area (Å²) in [4.78, 5) is 12.6. The van der Waals surface area contributed by atoms with E-state index in [4.69, 9.17) is 4.74 Å². The molecule has 26 heavy (non-hydrogen) atoms. The van der Waals surface area contributed by atoms with Crippen molar-refractivity contribution in [2.24, 2.45) is 0 Å². The van der Waals surface area contributed by atoms with E-state index in [1.54, 1.807) is 30.3 Å². The number of hydrogen-bond acceptors (Lipinski definition) is 4. The van der Waals surface area contributed by atoms with Crippen molar-refractivity contribution in [2.45, 2.75) is 18.2 Å². The van der Waals surface area contributed by atoms with Crippen LogP contribution < -0.4 is 10.1 Å². The molecule has 0 atom stereocenters. The average molecular weight is 441 g/mol. The fraction of sp³-hybridized carbons (Fsp3) is 0.278. The summed E-state index contributed by atoms with van der Waals surface area (Å²) < 4.78 is 31.9. The molecule has 0 heterocycles. The number of carbonyl (C=O) groups is 1. The van der Waals surface area contributed by atoms with E-state index in [-0.39, 0.29) is 10.5 Å². The summed E-state index contributed by atoms with van der Waals surface area (Å²) in [5.74, 6) is 0.154. The molecule has 0 radical (unpaired) electrons. The minimum atomic E-state index is -3.67. The molecule has 1 amide bonds. The lowest BCUT2D eigenvalue weighted by Crippen LogP contribution is -2.23. The van der Waals surface area contributed by atoms with Crippen LogP contribution in [0.5, 0.6) is 5.75 Å². The van der Waals surface area contributed by atoms with E-state index in [0.717, 1.165) is 10.7 Å². The van der Waals surface area contributed by atoms with Crippen LogP contribution in [0.3, 0.4) is 0 Å². The molecule has 6 nitrogen and oxygen atoms in total. The second-order valence-electron chi connectivity index (χ2n) is 5.73. The van der Waals surface area contributed by atoms with Gasteiger partial charge in [-0.15, -0.1) is 0 Å². The number of sulfonamides is 1. The maximum Gasteiger partial charge on any atom is 0.255 e. The highest BCUT2D eigenvalue weighted by Gasteiger charge is 2.22. The van der Waals surface area contributed by atoms with E-state index in [1.165, 1.54) is 20.2 Å². The lowest BCUT2D eigenvalue weighted by atomic mass is 10.2. The lowest BCUT2D eigenvalue weighted by Gasteiger charge is -2.15. The first-order valence-electron chi connectivity index (χ1n) is 8.02. The van der Waals surface area contributed by atoms with E-state index in [2.05, 4.69) is 21.2 Å². The molecular weight excluding hydrogens is 420 g/mol. The van der Waals surface area contributed by atoms with E-state index in [1.807, 2.05) is 13.0 Å². The standard InChI is InChI=1S/C18H21BrN2O4S/c1-4-11-25-16-8-6-5-7-15(16)20-18(22)13-9-10-14(19)17(12-13)26(23,24)21(2)3/h5-10,12H,4,11H2,1-3H3,(H,20,22). The van der Waals surface area contributed by atoms with Gasteiger partial charge in [0, 0.05) is 24.1 Å². The molecule has 140 valence electrons. The van der Waals surface area contributed by atoms with Crippen molar-refractivity contribution in [1.82, 2.24) is 4.31 Å². The molecular formula is C18H21BrN2O4S. The van der Waals surface area contributed by atoms with Gasteiger partial charge in [-0.25, -0.2) is 12.7 Å². The summed E-state index contributed by atoms with van der Waals surface area (Å²) in [5, 5.41) is 2.78. The lowest BCUT2D eigenvalue weighted by molar-refractivity contribution is 0.102. The van der Waals surface area contributed by atoms with Crippen LogP contribution in [0.2, 0.25) is 0 Å². The van der Waals surface area contributed by atoms with Gasteiger partial charge < -0.3 is 10.1 Å². The van der Waals surface area contributed by atoms with Crippen molar-refractivity contribution in [3.63, 3.8) is 0 Å². The molecule has 8 heteroatoms. The summed E-state index contributed by atoms with van der Waals surface area (Å²) in [5.41, 5.74) is 0.768. The van der Waals surface area contributed by atoms with Crippen molar-refractivity contribution in [1.29, 1.82) is 0 Å². The highest BCUT2D eigenvalue weighted by Crippen LogP contribution is 2.27. The number of nitrogens with one attached hydrogen (secondary N) is 1. The number of halogens is 1. The first-order chi connectivity index (χ1) is 12.3. The van der Waals surface area contributed by atoms with Crippen LogP contribution in [0.25, 0.3) is 0 Å². The number of benzene rings is 2. The third kappa shape index (κ3) is 4.63. The fourth-order valence-electron chi connectivity index (χ4n) is 2.14. The Kier molecular flexibility index (Phi) is 6.80. The SMILES string of the molecule is CCCOc1ccccc1NC(=O)c1ccc(Br)c(S(=O)(=O)N(C)C)c1. The molecule has 0 aliphatic heterocycles. The third-order valence-electron chi connectivity index (χ3n) is 3.55. The van der Waals surface area contributed by atoms with Crippen LogP contribution in [-0.4, -0.2) is 39.3 Å². The first kappa shape index (κ1) is 20.4. The van der Waals surface area contributed by atoms with Crippen LogP contribution in [0.15, 0.2) is 51.8 Å². The maximum atomic E-state index is 12.6. The van der Waals surface area contributed by atoms with Gasteiger partial charge in [0.1, 0.15) is 5.75 Å². The number of amides is 1. The number of para-hydroxylation sites is 2. The van der Waals surface area contributed by atoms with Crippen molar-refractivity contribution in [2.75, 3.05) is 26.0 Å². The quantitative estimate of drug-likeness (QED) is 0.711. The van der Waals surface area contributed by atoms with Crippen LogP contribution in [-0.2, 0) is 10.0 Å². The van der Waals surface area contributed by atoms with E-state index >= 15 is 0 Å². The fourth-order valence-corrected chi connectivity index (χ4v) is 3.99. The molecule has 2 rings (SSSR count). The Morgan fingerprint density at radius 1 is 1.19 bits per heavy atom. The van der Waals surface area contributed by atoms with Crippen molar-refractivity contribution < 1.29 is 17.9 Å². The zero-order valence-electron chi connectivity index (χ0n) is 14.8. The Hall–Kier alpha value is -1.90. The Bertz CT molecular complexity index is 898. The van der Waals surface area contributed by atoms with Gasteiger partial charge in [-0.3, -0.25) is 4.79 Å². The summed E-state index contributed by atoms with van der Waals surface area (Å²) in [7, 11) is -0.794. The van der Waals surface area contributed by atoms with Gasteiger partial charge in [0.2, 0.25) is 10.0 Å². The Labute approximate surface area is 162 Å². The zero-order valence-corrected chi connectivity index (χ0v) is 17.2. The molecule has 0 bridgehead atoms. The van der Waals surface area contributed by atoms with E-state index in [9.17, 15) is 13.2 Å².